The summed E-state index contributed by atoms with van der Waals surface area (Å²) in [5, 5.41) is 20.3. The number of carboxylic acids is 1. The molecule has 1 N–H and O–H groups in total. The van der Waals surface area contributed by atoms with E-state index in [1.165, 1.54) is 0 Å². The van der Waals surface area contributed by atoms with Gasteiger partial charge in [0, 0.05) is 6.42 Å². The minimum Gasteiger partial charge on any atom is -0.497 e. The molecule has 0 spiro atoms. The van der Waals surface area contributed by atoms with Crippen LogP contribution >= 0.6 is 0 Å². The third kappa shape index (κ3) is 5.84. The van der Waals surface area contributed by atoms with Crippen molar-refractivity contribution in [1.29, 1.82) is 0 Å². The first-order chi connectivity index (χ1) is 12.9. The van der Waals surface area contributed by atoms with E-state index in [1.807, 2.05) is 12.1 Å². The number of aliphatic carboxylic acids is 1. The highest BCUT2D eigenvalue weighted by Gasteiger charge is 2.21. The highest BCUT2D eigenvalue weighted by atomic mass is 17.0. The van der Waals surface area contributed by atoms with Gasteiger partial charge in [-0.3, -0.25) is 9.59 Å². The highest BCUT2D eigenvalue weighted by Crippen LogP contribution is 2.28. The summed E-state index contributed by atoms with van der Waals surface area (Å²) >= 11 is 0. The zero-order valence-electron chi connectivity index (χ0n) is 14.6. The summed E-state index contributed by atoms with van der Waals surface area (Å²) < 4.78 is 9.94. The van der Waals surface area contributed by atoms with Gasteiger partial charge in [-0.15, -0.1) is 10.1 Å². The molecule has 2 rings (SSSR count). The van der Waals surface area contributed by atoms with E-state index in [0.717, 1.165) is 10.8 Å². The summed E-state index contributed by atoms with van der Waals surface area (Å²) in [4.78, 5) is 37.3. The predicted molar refractivity (Wildman–Crippen MR) is 94.0 cm³/mol. The number of rotatable bonds is 10. The fraction of sp³-hybridized carbons (Fsp3) is 0.333. The Hall–Kier alpha value is -3.36. The zero-order valence-corrected chi connectivity index (χ0v) is 14.6. The van der Waals surface area contributed by atoms with Gasteiger partial charge in [-0.05, 0) is 34.9 Å². The molecule has 1 unspecified atom stereocenters. The molecule has 0 heterocycles. The van der Waals surface area contributed by atoms with Crippen molar-refractivity contribution in [3.63, 3.8) is 0 Å². The fourth-order valence-electron chi connectivity index (χ4n) is 2.62. The van der Waals surface area contributed by atoms with Gasteiger partial charge in [0.25, 0.3) is 5.09 Å². The van der Waals surface area contributed by atoms with Crippen LogP contribution in [-0.2, 0) is 19.2 Å². The monoisotopic (exact) mass is 377 g/mol. The number of carbonyl (C=O) groups is 2. The van der Waals surface area contributed by atoms with Crippen molar-refractivity contribution in [3.8, 4) is 5.75 Å². The van der Waals surface area contributed by atoms with Gasteiger partial charge in [0.05, 0.1) is 13.0 Å². The van der Waals surface area contributed by atoms with E-state index in [0.29, 0.717) is 11.3 Å². The molecule has 0 fully saturated rings. The Morgan fingerprint density at radius 1 is 1.15 bits per heavy atom. The van der Waals surface area contributed by atoms with Crippen LogP contribution in [0.5, 0.6) is 5.75 Å². The van der Waals surface area contributed by atoms with E-state index in [1.54, 1.807) is 31.4 Å². The molecule has 0 amide bonds. The number of carbonyl (C=O) groups excluding carboxylic acids is 1. The van der Waals surface area contributed by atoms with E-state index in [4.69, 9.17) is 9.47 Å². The van der Waals surface area contributed by atoms with E-state index in [2.05, 4.69) is 4.84 Å². The van der Waals surface area contributed by atoms with Crippen LogP contribution in [0.1, 0.15) is 24.3 Å². The number of benzene rings is 2. The van der Waals surface area contributed by atoms with Crippen LogP contribution in [0, 0.1) is 10.1 Å². The standard InChI is InChI=1S/C18H19NO8/c1-25-15-5-4-12-10-14(3-2-13(12)11-15)16(18(21)22)6-7-17(20)26-8-9-27-19(23)24/h2-5,10-11,16H,6-9H2,1H3,(H,21,22). The van der Waals surface area contributed by atoms with E-state index in [-0.39, 0.29) is 26.1 Å². The van der Waals surface area contributed by atoms with Crippen LogP contribution in [0.25, 0.3) is 10.8 Å². The second kappa shape index (κ2) is 9.37. The third-order valence-corrected chi connectivity index (χ3v) is 3.95. The van der Waals surface area contributed by atoms with E-state index < -0.39 is 22.9 Å². The third-order valence-electron chi connectivity index (χ3n) is 3.95. The molecule has 0 aromatic heterocycles. The van der Waals surface area contributed by atoms with Crippen molar-refractivity contribution < 1.29 is 34.1 Å². The molecule has 9 nitrogen and oxygen atoms in total. The zero-order chi connectivity index (χ0) is 19.8. The summed E-state index contributed by atoms with van der Waals surface area (Å²) in [6.07, 6.45) is -0.0813. The Balaban J connectivity index is 2.00. The van der Waals surface area contributed by atoms with Crippen LogP contribution in [0.15, 0.2) is 36.4 Å². The quantitative estimate of drug-likeness (QED) is 0.290. The first kappa shape index (κ1) is 20.0. The fourth-order valence-corrected chi connectivity index (χ4v) is 2.62. The van der Waals surface area contributed by atoms with Gasteiger partial charge in [0.15, 0.2) is 0 Å². The Bertz CT molecular complexity index is 835. The number of hydrogen-bond acceptors (Lipinski definition) is 7. The van der Waals surface area contributed by atoms with Crippen molar-refractivity contribution in [1.82, 2.24) is 0 Å². The maximum Gasteiger partial charge on any atom is 0.310 e. The van der Waals surface area contributed by atoms with Crippen LogP contribution in [0.3, 0.4) is 0 Å². The first-order valence-electron chi connectivity index (χ1n) is 8.14. The number of fused-ring (bicyclic) bond motifs is 1. The Morgan fingerprint density at radius 3 is 2.52 bits per heavy atom. The summed E-state index contributed by atoms with van der Waals surface area (Å²) in [7, 11) is 1.57. The van der Waals surface area contributed by atoms with Crippen LogP contribution in [-0.4, -0.2) is 42.5 Å². The van der Waals surface area contributed by atoms with Crippen molar-refractivity contribution in [2.75, 3.05) is 20.3 Å². The van der Waals surface area contributed by atoms with Gasteiger partial charge in [-0.1, -0.05) is 24.3 Å². The number of hydrogen-bond donors (Lipinski definition) is 1. The number of esters is 1. The first-order valence-corrected chi connectivity index (χ1v) is 8.14. The van der Waals surface area contributed by atoms with Crippen molar-refractivity contribution in [2.24, 2.45) is 0 Å². The topological polar surface area (TPSA) is 125 Å². The molecule has 0 aliphatic carbocycles. The second-order valence-electron chi connectivity index (χ2n) is 5.68. The molecule has 0 aliphatic rings. The van der Waals surface area contributed by atoms with Crippen molar-refractivity contribution in [2.45, 2.75) is 18.8 Å². The minimum absolute atomic E-state index is 0.0475. The van der Waals surface area contributed by atoms with Gasteiger partial charge in [-0.2, -0.15) is 0 Å². The minimum atomic E-state index is -1.05. The molecule has 9 heteroatoms. The summed E-state index contributed by atoms with van der Waals surface area (Å²) in [6.45, 7) is -0.634. The predicted octanol–water partition coefficient (Wildman–Crippen LogP) is 2.55. The number of ether oxygens (including phenoxy) is 2. The Morgan fingerprint density at radius 2 is 1.85 bits per heavy atom. The summed E-state index contributed by atoms with van der Waals surface area (Å²) in [5.74, 6) is -1.86. The van der Waals surface area contributed by atoms with Gasteiger partial charge in [-0.25, -0.2) is 0 Å². The second-order valence-corrected chi connectivity index (χ2v) is 5.68. The van der Waals surface area contributed by atoms with Crippen LogP contribution in [0.4, 0.5) is 0 Å². The molecular weight excluding hydrogens is 358 g/mol. The maximum atomic E-state index is 11.7. The molecule has 27 heavy (non-hydrogen) atoms. The van der Waals surface area contributed by atoms with Crippen LogP contribution < -0.4 is 4.74 Å². The molecule has 2 aromatic rings. The summed E-state index contributed by atoms with van der Waals surface area (Å²) in [5.41, 5.74) is 0.574. The highest BCUT2D eigenvalue weighted by molar-refractivity contribution is 5.86. The number of nitrogens with zero attached hydrogens (tertiary/aromatic N) is 1. The largest absolute Gasteiger partial charge is 0.497 e. The Kier molecular flexibility index (Phi) is 6.93. The smallest absolute Gasteiger partial charge is 0.310 e. The number of methoxy groups -OCH3 is 1. The van der Waals surface area contributed by atoms with E-state index >= 15 is 0 Å². The lowest BCUT2D eigenvalue weighted by atomic mass is 9.92. The lowest BCUT2D eigenvalue weighted by Crippen LogP contribution is -2.16. The lowest BCUT2D eigenvalue weighted by Gasteiger charge is -2.14. The molecule has 2 aromatic carbocycles. The lowest BCUT2D eigenvalue weighted by molar-refractivity contribution is -0.757. The van der Waals surface area contributed by atoms with Crippen LogP contribution in [0.2, 0.25) is 0 Å². The molecule has 0 aliphatic heterocycles. The molecule has 0 radical (unpaired) electrons. The van der Waals surface area contributed by atoms with Gasteiger partial charge < -0.3 is 19.4 Å². The average molecular weight is 377 g/mol. The van der Waals surface area contributed by atoms with Crippen molar-refractivity contribution in [3.05, 3.63) is 52.1 Å². The molecule has 0 bridgehead atoms. The molecular formula is C18H19NO8. The Labute approximate surface area is 154 Å². The van der Waals surface area contributed by atoms with Crippen molar-refractivity contribution >= 4 is 22.7 Å². The SMILES string of the molecule is COc1ccc2cc(C(CCC(=O)OCCO[N+](=O)[O-])C(=O)O)ccc2c1. The summed E-state index contributed by atoms with van der Waals surface area (Å²) in [6, 6.07) is 10.7. The van der Waals surface area contributed by atoms with Gasteiger partial charge in [0.1, 0.15) is 19.0 Å². The number of carboxylic acid groups (broad SMARTS) is 1. The molecule has 0 saturated heterocycles. The molecule has 0 saturated carbocycles. The molecule has 1 atom stereocenters. The maximum absolute atomic E-state index is 11.7. The van der Waals surface area contributed by atoms with Gasteiger partial charge >= 0.3 is 11.9 Å². The normalized spacial score (nSPS) is 11.6. The molecule has 144 valence electrons. The van der Waals surface area contributed by atoms with Gasteiger partial charge in [0.2, 0.25) is 0 Å². The van der Waals surface area contributed by atoms with E-state index in [9.17, 15) is 24.8 Å². The average Bonchev–Trinajstić information content (AvgIpc) is 2.64.